The molecule has 0 amide bonds. The molecule has 10 aromatic rings. The van der Waals surface area contributed by atoms with Crippen molar-refractivity contribution in [2.24, 2.45) is 0 Å². The third kappa shape index (κ3) is 6.06. The molecule has 0 N–H and O–H groups in total. The average molecular weight is 703 g/mol. The van der Waals surface area contributed by atoms with Gasteiger partial charge in [0.2, 0.25) is 0 Å². The monoisotopic (exact) mass is 702 g/mol. The number of nitrogens with zero attached hydrogens (tertiary/aromatic N) is 4. The molecular formula is C51H34N4. The van der Waals surface area contributed by atoms with E-state index in [0.29, 0.717) is 17.5 Å². The Kier molecular flexibility index (Phi) is 8.12. The third-order valence-corrected chi connectivity index (χ3v) is 10.3. The minimum Gasteiger partial charge on any atom is -0.308 e. The molecule has 0 saturated carbocycles. The van der Waals surface area contributed by atoms with E-state index in [9.17, 15) is 0 Å². The van der Waals surface area contributed by atoms with Crippen molar-refractivity contribution in [3.63, 3.8) is 0 Å². The van der Waals surface area contributed by atoms with Crippen LogP contribution in [0.3, 0.4) is 0 Å². The number of fused-ring (bicyclic) bond motifs is 3. The summed E-state index contributed by atoms with van der Waals surface area (Å²) >= 11 is 0. The van der Waals surface area contributed by atoms with Crippen molar-refractivity contribution in [2.45, 2.75) is 0 Å². The summed E-state index contributed by atoms with van der Waals surface area (Å²) in [6.07, 6.45) is 0. The van der Waals surface area contributed by atoms with Crippen molar-refractivity contribution in [2.75, 3.05) is 0 Å². The normalized spacial score (nSPS) is 11.3. The van der Waals surface area contributed by atoms with Crippen molar-refractivity contribution >= 4 is 21.8 Å². The minimum atomic E-state index is 0.609. The summed E-state index contributed by atoms with van der Waals surface area (Å²) < 4.78 is 2.36. The van der Waals surface area contributed by atoms with Crippen molar-refractivity contribution in [1.29, 1.82) is 0 Å². The second-order valence-electron chi connectivity index (χ2n) is 13.7. The van der Waals surface area contributed by atoms with Crippen LogP contribution in [0.4, 0.5) is 0 Å². The summed E-state index contributed by atoms with van der Waals surface area (Å²) in [5.41, 5.74) is 12.9. The Morgan fingerprint density at radius 1 is 0.273 bits per heavy atom. The Bertz CT molecular complexity index is 2900. The van der Waals surface area contributed by atoms with Crippen LogP contribution in [0.5, 0.6) is 0 Å². The summed E-state index contributed by atoms with van der Waals surface area (Å²) in [4.78, 5) is 15.6. The molecule has 0 radical (unpaired) electrons. The Balaban J connectivity index is 1.17. The van der Waals surface area contributed by atoms with Gasteiger partial charge in [0, 0.05) is 27.5 Å². The maximum Gasteiger partial charge on any atom is 0.166 e. The van der Waals surface area contributed by atoms with Crippen molar-refractivity contribution in [3.8, 4) is 73.2 Å². The molecule has 2 heterocycles. The number of rotatable bonds is 7. The molecule has 0 aliphatic carbocycles. The first kappa shape index (κ1) is 32.2. The van der Waals surface area contributed by atoms with Crippen LogP contribution in [0, 0.1) is 0 Å². The lowest BCUT2D eigenvalue weighted by molar-refractivity contribution is 1.06. The Labute approximate surface area is 319 Å². The smallest absolute Gasteiger partial charge is 0.166 e. The van der Waals surface area contributed by atoms with Crippen LogP contribution in [0.15, 0.2) is 206 Å². The lowest BCUT2D eigenvalue weighted by atomic mass is 9.99. The molecule has 0 saturated heterocycles. The van der Waals surface area contributed by atoms with Crippen LogP contribution >= 0.6 is 0 Å². The third-order valence-electron chi connectivity index (χ3n) is 10.3. The average Bonchev–Trinajstić information content (AvgIpc) is 3.61. The fourth-order valence-corrected chi connectivity index (χ4v) is 7.56. The minimum absolute atomic E-state index is 0.609. The zero-order valence-electron chi connectivity index (χ0n) is 29.9. The Morgan fingerprint density at radius 3 is 1.29 bits per heavy atom. The molecule has 0 fully saturated rings. The maximum atomic E-state index is 5.29. The van der Waals surface area contributed by atoms with E-state index >= 15 is 0 Å². The molecule has 0 atom stereocenters. The van der Waals surface area contributed by atoms with Gasteiger partial charge < -0.3 is 4.57 Å². The number of aromatic nitrogens is 4. The zero-order chi connectivity index (χ0) is 36.6. The number of hydrogen-bond acceptors (Lipinski definition) is 3. The first-order valence-electron chi connectivity index (χ1n) is 18.5. The van der Waals surface area contributed by atoms with E-state index in [4.69, 9.17) is 15.0 Å². The molecule has 8 aromatic carbocycles. The van der Waals surface area contributed by atoms with Gasteiger partial charge in [-0.05, 0) is 63.7 Å². The van der Waals surface area contributed by atoms with Crippen LogP contribution < -0.4 is 0 Å². The highest BCUT2D eigenvalue weighted by Crippen LogP contribution is 2.38. The quantitative estimate of drug-likeness (QED) is 0.166. The molecule has 0 spiro atoms. The number of para-hydroxylation sites is 2. The molecule has 4 heteroatoms. The van der Waals surface area contributed by atoms with Gasteiger partial charge in [0.25, 0.3) is 0 Å². The Hall–Kier alpha value is -7.43. The van der Waals surface area contributed by atoms with Gasteiger partial charge >= 0.3 is 0 Å². The van der Waals surface area contributed by atoms with Gasteiger partial charge in [-0.2, -0.15) is 0 Å². The van der Waals surface area contributed by atoms with Crippen LogP contribution in [0.2, 0.25) is 0 Å². The fraction of sp³-hybridized carbons (Fsp3) is 0. The standard InChI is InChI=1S/C51H34N4/c1-4-15-35(16-5-1)37-27-29-38(30-28-37)40-21-14-22-42(33-40)50-52-49(39-19-8-3-9-20-39)53-51(54-50)45-32-31-41(36-17-6-2-7-18-36)34-48(45)55-46-25-12-10-23-43(46)44-24-11-13-26-47(44)55/h1-34H. The van der Waals surface area contributed by atoms with E-state index < -0.39 is 0 Å². The highest BCUT2D eigenvalue weighted by atomic mass is 15.1. The molecule has 0 unspecified atom stereocenters. The highest BCUT2D eigenvalue weighted by Gasteiger charge is 2.20. The van der Waals surface area contributed by atoms with Crippen LogP contribution in [0.25, 0.3) is 95.0 Å². The van der Waals surface area contributed by atoms with Gasteiger partial charge in [0.15, 0.2) is 17.5 Å². The van der Waals surface area contributed by atoms with Crippen molar-refractivity contribution in [1.82, 2.24) is 19.5 Å². The lowest BCUT2D eigenvalue weighted by Crippen LogP contribution is -2.04. The number of benzene rings is 8. The van der Waals surface area contributed by atoms with Crippen molar-refractivity contribution in [3.05, 3.63) is 206 Å². The summed E-state index contributed by atoms with van der Waals surface area (Å²) in [7, 11) is 0. The van der Waals surface area contributed by atoms with E-state index in [-0.39, 0.29) is 0 Å². The topological polar surface area (TPSA) is 43.6 Å². The molecule has 2 aromatic heterocycles. The van der Waals surface area contributed by atoms with Crippen LogP contribution in [0.1, 0.15) is 0 Å². The summed E-state index contributed by atoms with van der Waals surface area (Å²) in [5.74, 6) is 1.85. The SMILES string of the molecule is c1ccc(-c2ccc(-c3cccc(-c4nc(-c5ccccc5)nc(-c5ccc(-c6ccccc6)cc5-n5c6ccccc6c6ccccc65)n4)c3)cc2)cc1. The summed E-state index contributed by atoms with van der Waals surface area (Å²) in [6, 6.07) is 72.2. The molecule has 10 rings (SSSR count). The van der Waals surface area contributed by atoms with Gasteiger partial charge in [-0.25, -0.2) is 15.0 Å². The number of hydrogen-bond donors (Lipinski definition) is 0. The maximum absolute atomic E-state index is 5.29. The fourth-order valence-electron chi connectivity index (χ4n) is 7.56. The molecule has 4 nitrogen and oxygen atoms in total. The van der Waals surface area contributed by atoms with Gasteiger partial charge in [-0.15, -0.1) is 0 Å². The second-order valence-corrected chi connectivity index (χ2v) is 13.7. The first-order valence-corrected chi connectivity index (χ1v) is 18.5. The van der Waals surface area contributed by atoms with E-state index in [2.05, 4.69) is 187 Å². The summed E-state index contributed by atoms with van der Waals surface area (Å²) in [6.45, 7) is 0. The van der Waals surface area contributed by atoms with Crippen LogP contribution in [-0.4, -0.2) is 19.5 Å². The second kappa shape index (κ2) is 13.8. The van der Waals surface area contributed by atoms with Gasteiger partial charge in [-0.1, -0.05) is 176 Å². The van der Waals surface area contributed by atoms with Gasteiger partial charge in [0.05, 0.1) is 16.7 Å². The molecule has 0 aliphatic heterocycles. The van der Waals surface area contributed by atoms with Crippen LogP contribution in [-0.2, 0) is 0 Å². The van der Waals surface area contributed by atoms with Gasteiger partial charge in [0.1, 0.15) is 0 Å². The van der Waals surface area contributed by atoms with E-state index in [1.165, 1.54) is 21.9 Å². The molecular weight excluding hydrogens is 669 g/mol. The lowest BCUT2D eigenvalue weighted by Gasteiger charge is -2.16. The summed E-state index contributed by atoms with van der Waals surface area (Å²) in [5, 5.41) is 2.40. The highest BCUT2D eigenvalue weighted by molar-refractivity contribution is 6.09. The van der Waals surface area contributed by atoms with Gasteiger partial charge in [-0.3, -0.25) is 0 Å². The molecule has 55 heavy (non-hydrogen) atoms. The zero-order valence-corrected chi connectivity index (χ0v) is 29.9. The largest absolute Gasteiger partial charge is 0.308 e. The molecule has 0 aliphatic rings. The van der Waals surface area contributed by atoms with E-state index in [0.717, 1.165) is 55.7 Å². The van der Waals surface area contributed by atoms with Crippen molar-refractivity contribution < 1.29 is 0 Å². The molecule has 258 valence electrons. The predicted molar refractivity (Wildman–Crippen MR) is 227 cm³/mol. The van der Waals surface area contributed by atoms with E-state index in [1.807, 2.05) is 24.3 Å². The first-order chi connectivity index (χ1) is 27.3. The molecule has 0 bridgehead atoms. The predicted octanol–water partition coefficient (Wildman–Crippen LogP) is 13.0. The Morgan fingerprint density at radius 2 is 0.673 bits per heavy atom. The van der Waals surface area contributed by atoms with E-state index in [1.54, 1.807) is 0 Å².